The van der Waals surface area contributed by atoms with E-state index in [1.54, 1.807) is 12.1 Å². The van der Waals surface area contributed by atoms with E-state index in [-0.39, 0.29) is 35.8 Å². The lowest BCUT2D eigenvalue weighted by atomic mass is 10.2. The van der Waals surface area contributed by atoms with Crippen molar-refractivity contribution >= 4 is 44.3 Å². The van der Waals surface area contributed by atoms with Gasteiger partial charge in [0.2, 0.25) is 15.9 Å². The van der Waals surface area contributed by atoms with Crippen LogP contribution in [0, 0.1) is 0 Å². The Morgan fingerprint density at radius 3 is 2.59 bits per heavy atom. The Morgan fingerprint density at radius 2 is 2.05 bits per heavy atom. The summed E-state index contributed by atoms with van der Waals surface area (Å²) in [7, 11) is -2.24. The molecule has 0 aromatic heterocycles. The van der Waals surface area contributed by atoms with E-state index in [1.807, 2.05) is 0 Å². The van der Waals surface area contributed by atoms with Crippen molar-refractivity contribution in [3.8, 4) is 0 Å². The Balaban J connectivity index is 0.00000242. The van der Waals surface area contributed by atoms with Gasteiger partial charge in [0, 0.05) is 24.1 Å². The fourth-order valence-electron chi connectivity index (χ4n) is 2.12. The summed E-state index contributed by atoms with van der Waals surface area (Å²) < 4.78 is 26.5. The lowest BCUT2D eigenvalue weighted by Crippen LogP contribution is -2.43. The van der Waals surface area contributed by atoms with Crippen molar-refractivity contribution in [3.05, 3.63) is 28.7 Å². The molecule has 22 heavy (non-hydrogen) atoms. The van der Waals surface area contributed by atoms with Crippen LogP contribution in [-0.2, 0) is 14.8 Å². The second-order valence-corrected chi connectivity index (χ2v) is 7.93. The van der Waals surface area contributed by atoms with E-state index >= 15 is 0 Å². The zero-order valence-corrected chi connectivity index (χ0v) is 15.3. The summed E-state index contributed by atoms with van der Waals surface area (Å²) in [6.07, 6.45) is 0.870. The highest BCUT2D eigenvalue weighted by Crippen LogP contribution is 2.17. The normalized spacial score (nSPS) is 18.0. The second kappa shape index (κ2) is 8.26. The molecule has 0 radical (unpaired) electrons. The Morgan fingerprint density at radius 1 is 1.41 bits per heavy atom. The Kier molecular flexibility index (Phi) is 7.27. The van der Waals surface area contributed by atoms with Crippen LogP contribution >= 0.6 is 28.3 Å². The Hall–Kier alpha value is -0.670. The molecule has 0 bridgehead atoms. The van der Waals surface area contributed by atoms with Gasteiger partial charge in [0.1, 0.15) is 0 Å². The molecular weight excluding hydrogens is 394 g/mol. The molecule has 6 nitrogen and oxygen atoms in total. The van der Waals surface area contributed by atoms with Gasteiger partial charge in [0.25, 0.3) is 0 Å². The lowest BCUT2D eigenvalue weighted by Gasteiger charge is -2.18. The highest BCUT2D eigenvalue weighted by Gasteiger charge is 2.24. The van der Waals surface area contributed by atoms with Crippen LogP contribution < -0.4 is 10.6 Å². The maximum Gasteiger partial charge on any atom is 0.243 e. The number of halogens is 2. The second-order valence-electron chi connectivity index (χ2n) is 4.97. The lowest BCUT2D eigenvalue weighted by molar-refractivity contribution is -0.121. The number of nitrogens with zero attached hydrogens (tertiary/aromatic N) is 1. The largest absolute Gasteiger partial charge is 0.351 e. The van der Waals surface area contributed by atoms with Crippen LogP contribution in [0.1, 0.15) is 6.42 Å². The summed E-state index contributed by atoms with van der Waals surface area (Å²) in [4.78, 5) is 12.1. The van der Waals surface area contributed by atoms with E-state index in [9.17, 15) is 13.2 Å². The van der Waals surface area contributed by atoms with Crippen LogP contribution in [0.4, 0.5) is 0 Å². The maximum atomic E-state index is 12.3. The number of sulfonamides is 1. The van der Waals surface area contributed by atoms with Crippen molar-refractivity contribution in [2.45, 2.75) is 17.4 Å². The molecule has 1 heterocycles. The summed E-state index contributed by atoms with van der Waals surface area (Å²) in [6.45, 7) is 1.42. The minimum atomic E-state index is -3.65. The van der Waals surface area contributed by atoms with Crippen LogP contribution in [0.15, 0.2) is 33.6 Å². The molecule has 2 rings (SSSR count). The minimum absolute atomic E-state index is 0. The Labute approximate surface area is 145 Å². The van der Waals surface area contributed by atoms with Gasteiger partial charge in [-0.3, -0.25) is 4.79 Å². The first kappa shape index (κ1) is 19.4. The molecule has 0 spiro atoms. The predicted octanol–water partition coefficient (Wildman–Crippen LogP) is 0.970. The van der Waals surface area contributed by atoms with Gasteiger partial charge in [0.15, 0.2) is 0 Å². The van der Waals surface area contributed by atoms with Gasteiger partial charge in [-0.15, -0.1) is 12.4 Å². The van der Waals surface area contributed by atoms with E-state index in [4.69, 9.17) is 0 Å². The summed E-state index contributed by atoms with van der Waals surface area (Å²) in [5.74, 6) is -0.285. The monoisotopic (exact) mass is 411 g/mol. The van der Waals surface area contributed by atoms with E-state index in [0.29, 0.717) is 0 Å². The van der Waals surface area contributed by atoms with Crippen molar-refractivity contribution in [1.82, 2.24) is 14.9 Å². The van der Waals surface area contributed by atoms with Gasteiger partial charge in [-0.25, -0.2) is 8.42 Å². The molecule has 1 amide bonds. The third-order valence-electron chi connectivity index (χ3n) is 3.31. The first-order valence-electron chi connectivity index (χ1n) is 6.61. The van der Waals surface area contributed by atoms with Crippen LogP contribution in [0.5, 0.6) is 0 Å². The number of nitrogens with one attached hydrogen (secondary N) is 2. The van der Waals surface area contributed by atoms with Crippen molar-refractivity contribution in [1.29, 1.82) is 0 Å². The number of carbonyl (C=O) groups excluding carboxylic acids is 1. The number of carbonyl (C=O) groups is 1. The standard InChI is InChI=1S/C13H18BrN3O3S.ClH/c1-17(9-13(18)16-11-6-7-15-8-11)21(19,20)12-4-2-10(14)3-5-12;/h2-5,11,15H,6-9H2,1H3,(H,16,18);1H. The molecular formula is C13H19BrClN3O3S. The topological polar surface area (TPSA) is 78.5 Å². The van der Waals surface area contributed by atoms with Crippen LogP contribution in [-0.4, -0.2) is 51.4 Å². The van der Waals surface area contributed by atoms with Crippen molar-refractivity contribution in [2.24, 2.45) is 0 Å². The fraction of sp³-hybridized carbons (Fsp3) is 0.462. The zero-order valence-electron chi connectivity index (χ0n) is 12.1. The van der Waals surface area contributed by atoms with E-state index in [2.05, 4.69) is 26.6 Å². The number of rotatable bonds is 5. The highest BCUT2D eigenvalue weighted by molar-refractivity contribution is 9.10. The first-order valence-corrected chi connectivity index (χ1v) is 8.85. The molecule has 0 saturated carbocycles. The first-order chi connectivity index (χ1) is 9.89. The van der Waals surface area contributed by atoms with Gasteiger partial charge in [-0.2, -0.15) is 4.31 Å². The van der Waals surface area contributed by atoms with Gasteiger partial charge in [-0.05, 0) is 37.2 Å². The van der Waals surface area contributed by atoms with Crippen LogP contribution in [0.3, 0.4) is 0 Å². The van der Waals surface area contributed by atoms with E-state index in [1.165, 1.54) is 19.2 Å². The van der Waals surface area contributed by atoms with E-state index in [0.717, 1.165) is 28.3 Å². The number of benzene rings is 1. The summed E-state index contributed by atoms with van der Waals surface area (Å²) in [6, 6.07) is 6.42. The summed E-state index contributed by atoms with van der Waals surface area (Å²) in [5.41, 5.74) is 0. The molecule has 124 valence electrons. The Bertz CT molecular complexity index is 603. The molecule has 1 fully saturated rings. The highest BCUT2D eigenvalue weighted by atomic mass is 79.9. The predicted molar refractivity (Wildman–Crippen MR) is 90.6 cm³/mol. The quantitative estimate of drug-likeness (QED) is 0.755. The molecule has 1 aliphatic heterocycles. The number of likely N-dealkylation sites (N-methyl/N-ethyl adjacent to an activating group) is 1. The van der Waals surface area contributed by atoms with Gasteiger partial charge in [-0.1, -0.05) is 15.9 Å². The molecule has 0 aliphatic carbocycles. The minimum Gasteiger partial charge on any atom is -0.351 e. The van der Waals surface area contributed by atoms with Crippen LogP contribution in [0.2, 0.25) is 0 Å². The molecule has 1 unspecified atom stereocenters. The number of hydrogen-bond acceptors (Lipinski definition) is 4. The third-order valence-corrected chi connectivity index (χ3v) is 5.66. The maximum absolute atomic E-state index is 12.3. The van der Waals surface area contributed by atoms with Crippen molar-refractivity contribution in [2.75, 3.05) is 26.7 Å². The molecule has 1 atom stereocenters. The van der Waals surface area contributed by atoms with Gasteiger partial charge < -0.3 is 10.6 Å². The number of amides is 1. The summed E-state index contributed by atoms with van der Waals surface area (Å²) >= 11 is 3.26. The van der Waals surface area contributed by atoms with Gasteiger partial charge in [0.05, 0.1) is 11.4 Å². The molecule has 1 aromatic carbocycles. The van der Waals surface area contributed by atoms with E-state index < -0.39 is 10.0 Å². The summed E-state index contributed by atoms with van der Waals surface area (Å²) in [5, 5.41) is 5.97. The van der Waals surface area contributed by atoms with Gasteiger partial charge >= 0.3 is 0 Å². The van der Waals surface area contributed by atoms with Crippen molar-refractivity contribution < 1.29 is 13.2 Å². The average Bonchev–Trinajstić information content (AvgIpc) is 2.91. The molecule has 9 heteroatoms. The van der Waals surface area contributed by atoms with Crippen LogP contribution in [0.25, 0.3) is 0 Å². The SMILES string of the molecule is CN(CC(=O)NC1CCNC1)S(=O)(=O)c1ccc(Br)cc1.Cl. The number of hydrogen-bond donors (Lipinski definition) is 2. The molecule has 1 saturated heterocycles. The molecule has 1 aliphatic rings. The van der Waals surface area contributed by atoms with Crippen molar-refractivity contribution in [3.63, 3.8) is 0 Å². The molecule has 1 aromatic rings. The molecule has 2 N–H and O–H groups in total. The fourth-order valence-corrected chi connectivity index (χ4v) is 3.52. The average molecular weight is 413 g/mol. The zero-order chi connectivity index (χ0) is 15.5. The third kappa shape index (κ3) is 4.92. The smallest absolute Gasteiger partial charge is 0.243 e.